The van der Waals surface area contributed by atoms with Gasteiger partial charge in [-0.1, -0.05) is 0 Å². The molecule has 3 nitrogen and oxygen atoms in total. The van der Waals surface area contributed by atoms with Crippen molar-refractivity contribution in [2.45, 2.75) is 25.3 Å². The molecule has 1 saturated carbocycles. The van der Waals surface area contributed by atoms with Crippen molar-refractivity contribution in [1.82, 2.24) is 5.32 Å². The molecule has 0 spiro atoms. The summed E-state index contributed by atoms with van der Waals surface area (Å²) in [5, 5.41) is 3.21. The predicted octanol–water partition coefficient (Wildman–Crippen LogP) is 0.0730. The van der Waals surface area contributed by atoms with Gasteiger partial charge >= 0.3 is 0 Å². The monoisotopic (exact) mass is 139 g/mol. The number of nitrogens with two attached hydrogens (primary N) is 1. The molecule has 0 aromatic rings. The van der Waals surface area contributed by atoms with Crippen LogP contribution in [0.4, 0.5) is 0 Å². The highest BCUT2D eigenvalue weighted by atomic mass is 15.1. The molecular formula is C7H13N3. The van der Waals surface area contributed by atoms with Gasteiger partial charge in [-0.3, -0.25) is 4.99 Å². The highest BCUT2D eigenvalue weighted by molar-refractivity contribution is 5.78. The Balaban J connectivity index is 1.94. The van der Waals surface area contributed by atoms with Crippen LogP contribution in [0.5, 0.6) is 0 Å². The van der Waals surface area contributed by atoms with Crippen LogP contribution in [0.2, 0.25) is 0 Å². The lowest BCUT2D eigenvalue weighted by atomic mass is 10.1. The van der Waals surface area contributed by atoms with Gasteiger partial charge in [0.25, 0.3) is 0 Å². The van der Waals surface area contributed by atoms with Crippen molar-refractivity contribution < 1.29 is 0 Å². The fraction of sp³-hybridized carbons (Fsp3) is 0.857. The quantitative estimate of drug-likeness (QED) is 0.540. The van der Waals surface area contributed by atoms with E-state index in [0.717, 1.165) is 12.5 Å². The molecule has 3 heteroatoms. The summed E-state index contributed by atoms with van der Waals surface area (Å²) < 4.78 is 0. The third-order valence-corrected chi connectivity index (χ3v) is 2.25. The first-order valence-electron chi connectivity index (χ1n) is 3.93. The van der Waals surface area contributed by atoms with E-state index in [4.69, 9.17) is 5.73 Å². The fourth-order valence-electron chi connectivity index (χ4n) is 1.48. The lowest BCUT2D eigenvalue weighted by Gasteiger charge is -2.21. The van der Waals surface area contributed by atoms with Crippen LogP contribution in [0.1, 0.15) is 19.3 Å². The molecule has 0 bridgehead atoms. The van der Waals surface area contributed by atoms with Crippen LogP contribution in [0.3, 0.4) is 0 Å². The molecule has 1 unspecified atom stereocenters. The van der Waals surface area contributed by atoms with E-state index in [-0.39, 0.29) is 0 Å². The molecule has 3 N–H and O–H groups in total. The molecule has 56 valence electrons. The SMILES string of the molecule is NC1=NCCC(C2CC2)N1. The third-order valence-electron chi connectivity index (χ3n) is 2.25. The van der Waals surface area contributed by atoms with Gasteiger partial charge in [0.2, 0.25) is 0 Å². The van der Waals surface area contributed by atoms with Gasteiger partial charge in [0.15, 0.2) is 5.96 Å². The summed E-state index contributed by atoms with van der Waals surface area (Å²) in [6, 6.07) is 0.637. The molecule has 0 saturated heterocycles. The summed E-state index contributed by atoms with van der Waals surface area (Å²) >= 11 is 0. The molecule has 0 radical (unpaired) electrons. The van der Waals surface area contributed by atoms with Gasteiger partial charge in [0.1, 0.15) is 0 Å². The number of nitrogens with zero attached hydrogens (tertiary/aromatic N) is 1. The molecule has 0 amide bonds. The lowest BCUT2D eigenvalue weighted by Crippen LogP contribution is -2.44. The highest BCUT2D eigenvalue weighted by Gasteiger charge is 2.32. The van der Waals surface area contributed by atoms with Crippen LogP contribution >= 0.6 is 0 Å². The van der Waals surface area contributed by atoms with Gasteiger partial charge in [0.05, 0.1) is 0 Å². The van der Waals surface area contributed by atoms with Gasteiger partial charge in [0, 0.05) is 12.6 Å². The van der Waals surface area contributed by atoms with Crippen molar-refractivity contribution in [2.75, 3.05) is 6.54 Å². The maximum Gasteiger partial charge on any atom is 0.188 e. The smallest absolute Gasteiger partial charge is 0.188 e. The Morgan fingerprint density at radius 1 is 1.40 bits per heavy atom. The molecule has 2 aliphatic rings. The van der Waals surface area contributed by atoms with Crippen molar-refractivity contribution in [3.63, 3.8) is 0 Å². The molecule has 10 heavy (non-hydrogen) atoms. The number of nitrogens with one attached hydrogen (secondary N) is 1. The molecule has 1 aliphatic carbocycles. The second kappa shape index (κ2) is 2.15. The number of rotatable bonds is 1. The summed E-state index contributed by atoms with van der Waals surface area (Å²) in [4.78, 5) is 4.07. The number of hydrogen-bond donors (Lipinski definition) is 2. The van der Waals surface area contributed by atoms with Gasteiger partial charge in [-0.05, 0) is 25.2 Å². The fourth-order valence-corrected chi connectivity index (χ4v) is 1.48. The minimum Gasteiger partial charge on any atom is -0.370 e. The first-order valence-corrected chi connectivity index (χ1v) is 3.93. The third kappa shape index (κ3) is 1.08. The first kappa shape index (κ1) is 6.01. The Morgan fingerprint density at radius 2 is 2.20 bits per heavy atom. The average Bonchev–Trinajstić information content (AvgIpc) is 2.68. The Hall–Kier alpha value is -0.730. The van der Waals surface area contributed by atoms with E-state index in [9.17, 15) is 0 Å². The number of guanidine groups is 1. The van der Waals surface area contributed by atoms with Crippen molar-refractivity contribution in [1.29, 1.82) is 0 Å². The van der Waals surface area contributed by atoms with E-state index in [1.807, 2.05) is 0 Å². The zero-order valence-corrected chi connectivity index (χ0v) is 6.01. The van der Waals surface area contributed by atoms with E-state index in [0.29, 0.717) is 12.0 Å². The second-order valence-electron chi connectivity index (χ2n) is 3.14. The highest BCUT2D eigenvalue weighted by Crippen LogP contribution is 2.34. The van der Waals surface area contributed by atoms with Gasteiger partial charge in [-0.2, -0.15) is 0 Å². The summed E-state index contributed by atoms with van der Waals surface area (Å²) in [6.07, 6.45) is 3.93. The van der Waals surface area contributed by atoms with Crippen LogP contribution < -0.4 is 11.1 Å². The number of hydrogen-bond acceptors (Lipinski definition) is 3. The van der Waals surface area contributed by atoms with Crippen LogP contribution in [0.15, 0.2) is 4.99 Å². The van der Waals surface area contributed by atoms with Gasteiger partial charge in [-0.25, -0.2) is 0 Å². The maximum atomic E-state index is 5.53. The minimum atomic E-state index is 0.637. The van der Waals surface area contributed by atoms with E-state index in [1.54, 1.807) is 0 Å². The molecule has 1 heterocycles. The standard InChI is InChI=1S/C7H13N3/c8-7-9-4-3-6(10-7)5-1-2-5/h5-6H,1-4H2,(H3,8,9,10). The Labute approximate surface area is 60.7 Å². The Kier molecular flexibility index (Phi) is 1.29. The largest absolute Gasteiger partial charge is 0.370 e. The molecule has 1 atom stereocenters. The van der Waals surface area contributed by atoms with Gasteiger partial charge in [-0.15, -0.1) is 0 Å². The summed E-state index contributed by atoms with van der Waals surface area (Å²) in [5.41, 5.74) is 5.53. The van der Waals surface area contributed by atoms with Crippen LogP contribution in [-0.2, 0) is 0 Å². The minimum absolute atomic E-state index is 0.637. The van der Waals surface area contributed by atoms with Crippen LogP contribution in [-0.4, -0.2) is 18.5 Å². The molecule has 0 aromatic heterocycles. The van der Waals surface area contributed by atoms with E-state index < -0.39 is 0 Å². The first-order chi connectivity index (χ1) is 4.86. The molecule has 0 aromatic carbocycles. The normalized spacial score (nSPS) is 32.8. The predicted molar refractivity (Wildman–Crippen MR) is 40.8 cm³/mol. The molecule has 1 fully saturated rings. The molecule has 1 aliphatic heterocycles. The maximum absolute atomic E-state index is 5.53. The molecular weight excluding hydrogens is 126 g/mol. The van der Waals surface area contributed by atoms with Crippen molar-refractivity contribution >= 4 is 5.96 Å². The summed E-state index contributed by atoms with van der Waals surface area (Å²) in [6.45, 7) is 0.917. The van der Waals surface area contributed by atoms with Crippen molar-refractivity contribution in [2.24, 2.45) is 16.6 Å². The second-order valence-corrected chi connectivity index (χ2v) is 3.14. The summed E-state index contributed by atoms with van der Waals surface area (Å²) in [5.74, 6) is 1.54. The van der Waals surface area contributed by atoms with E-state index >= 15 is 0 Å². The summed E-state index contributed by atoms with van der Waals surface area (Å²) in [7, 11) is 0. The van der Waals surface area contributed by atoms with Crippen LogP contribution in [0.25, 0.3) is 0 Å². The average molecular weight is 139 g/mol. The van der Waals surface area contributed by atoms with Crippen molar-refractivity contribution in [3.05, 3.63) is 0 Å². The van der Waals surface area contributed by atoms with Crippen LogP contribution in [0, 0.1) is 5.92 Å². The number of aliphatic imine (C=N–C) groups is 1. The zero-order valence-electron chi connectivity index (χ0n) is 6.01. The Bertz CT molecular complexity index is 160. The van der Waals surface area contributed by atoms with Crippen molar-refractivity contribution in [3.8, 4) is 0 Å². The Morgan fingerprint density at radius 3 is 2.80 bits per heavy atom. The van der Waals surface area contributed by atoms with E-state index in [1.165, 1.54) is 19.3 Å². The molecule has 2 rings (SSSR count). The lowest BCUT2D eigenvalue weighted by molar-refractivity contribution is 0.488. The van der Waals surface area contributed by atoms with E-state index in [2.05, 4.69) is 10.3 Å². The van der Waals surface area contributed by atoms with Gasteiger partial charge < -0.3 is 11.1 Å². The topological polar surface area (TPSA) is 50.4 Å². The zero-order chi connectivity index (χ0) is 6.97.